The van der Waals surface area contributed by atoms with Gasteiger partial charge in [0.05, 0.1) is 6.61 Å². The number of rotatable bonds is 7. The molecule has 1 amide bonds. The first-order chi connectivity index (χ1) is 13.9. The summed E-state index contributed by atoms with van der Waals surface area (Å²) in [7, 11) is 0. The van der Waals surface area contributed by atoms with E-state index < -0.39 is 0 Å². The zero-order valence-electron chi connectivity index (χ0n) is 18.0. The Hall–Kier alpha value is -2.63. The van der Waals surface area contributed by atoms with Gasteiger partial charge >= 0.3 is 0 Å². The van der Waals surface area contributed by atoms with Crippen molar-refractivity contribution in [2.24, 2.45) is 0 Å². The monoisotopic (exact) mass is 396 g/mol. The van der Waals surface area contributed by atoms with E-state index in [2.05, 4.69) is 23.7 Å². The van der Waals surface area contributed by atoms with Crippen LogP contribution < -0.4 is 9.64 Å². The second kappa shape index (κ2) is 9.72. The molecule has 1 saturated heterocycles. The van der Waals surface area contributed by atoms with Crippen LogP contribution in [0.3, 0.4) is 0 Å². The van der Waals surface area contributed by atoms with Crippen molar-refractivity contribution < 1.29 is 9.53 Å². The molecule has 29 heavy (non-hydrogen) atoms. The van der Waals surface area contributed by atoms with Gasteiger partial charge in [-0.2, -0.15) is 0 Å². The van der Waals surface area contributed by atoms with E-state index in [-0.39, 0.29) is 5.91 Å². The first-order valence-corrected chi connectivity index (χ1v) is 10.5. The third-order valence-electron chi connectivity index (χ3n) is 5.22. The summed E-state index contributed by atoms with van der Waals surface area (Å²) in [6, 6.07) is 10.00. The number of hydrogen-bond donors (Lipinski definition) is 0. The zero-order valence-corrected chi connectivity index (χ0v) is 18.0. The maximum Gasteiger partial charge on any atom is 0.222 e. The summed E-state index contributed by atoms with van der Waals surface area (Å²) >= 11 is 0. The average molecular weight is 397 g/mol. The first kappa shape index (κ1) is 21.1. The van der Waals surface area contributed by atoms with Gasteiger partial charge in [0.15, 0.2) is 0 Å². The van der Waals surface area contributed by atoms with Crippen molar-refractivity contribution in [3.8, 4) is 5.75 Å². The minimum absolute atomic E-state index is 0.208. The number of piperazine rings is 1. The van der Waals surface area contributed by atoms with Crippen LogP contribution >= 0.6 is 0 Å². The maximum absolute atomic E-state index is 12.5. The number of benzene rings is 1. The molecule has 2 aromatic rings. The van der Waals surface area contributed by atoms with E-state index in [0.29, 0.717) is 18.9 Å². The number of ether oxygens (including phenoxy) is 1. The molecule has 3 rings (SSSR count). The van der Waals surface area contributed by atoms with E-state index in [1.165, 1.54) is 0 Å². The quantitative estimate of drug-likeness (QED) is 0.668. The predicted octanol–water partition coefficient (Wildman–Crippen LogP) is 3.72. The van der Waals surface area contributed by atoms with E-state index in [9.17, 15) is 4.79 Å². The van der Waals surface area contributed by atoms with Crippen molar-refractivity contribution in [2.45, 2.75) is 46.5 Å². The maximum atomic E-state index is 12.5. The Bertz CT molecular complexity index is 829. The fraction of sp³-hybridized carbons (Fsp3) is 0.522. The molecule has 1 aliphatic heterocycles. The van der Waals surface area contributed by atoms with Gasteiger partial charge in [0.1, 0.15) is 17.4 Å². The number of hydrogen-bond acceptors (Lipinski definition) is 5. The Kier molecular flexibility index (Phi) is 7.07. The zero-order chi connectivity index (χ0) is 20.8. The van der Waals surface area contributed by atoms with Crippen LogP contribution in [0.15, 0.2) is 30.3 Å². The fourth-order valence-corrected chi connectivity index (χ4v) is 3.46. The van der Waals surface area contributed by atoms with Crippen molar-refractivity contribution in [3.63, 3.8) is 0 Å². The molecule has 0 atom stereocenters. The average Bonchev–Trinajstić information content (AvgIpc) is 2.72. The van der Waals surface area contributed by atoms with Gasteiger partial charge in [-0.3, -0.25) is 4.79 Å². The van der Waals surface area contributed by atoms with E-state index in [1.807, 2.05) is 49.1 Å². The molecule has 0 saturated carbocycles. The minimum atomic E-state index is 0.208. The highest BCUT2D eigenvalue weighted by Crippen LogP contribution is 2.19. The number of carbonyl (C=O) groups excluding carboxylic acids is 1. The molecule has 0 N–H and O–H groups in total. The predicted molar refractivity (Wildman–Crippen MR) is 116 cm³/mol. The Morgan fingerprint density at radius 1 is 1.10 bits per heavy atom. The standard InChI is InChI=1S/C23H32N4O2/c1-17(2)23-24-19(4)16-21(25-23)26-11-13-27(14-12-26)22(28)10-7-15-29-20-9-6-5-8-18(20)3/h5-6,8-9,16-17H,7,10-15H2,1-4H3. The molecule has 0 bridgehead atoms. The largest absolute Gasteiger partial charge is 0.493 e. The number of amides is 1. The van der Waals surface area contributed by atoms with Gasteiger partial charge in [-0.25, -0.2) is 9.97 Å². The van der Waals surface area contributed by atoms with Crippen molar-refractivity contribution in [1.29, 1.82) is 0 Å². The van der Waals surface area contributed by atoms with Gasteiger partial charge in [0.25, 0.3) is 0 Å². The van der Waals surface area contributed by atoms with Crippen molar-refractivity contribution in [1.82, 2.24) is 14.9 Å². The van der Waals surface area contributed by atoms with Crippen LogP contribution in [-0.4, -0.2) is 53.6 Å². The molecular weight excluding hydrogens is 364 g/mol. The highest BCUT2D eigenvalue weighted by atomic mass is 16.5. The van der Waals surface area contributed by atoms with Crippen LogP contribution in [-0.2, 0) is 4.79 Å². The third kappa shape index (κ3) is 5.68. The summed E-state index contributed by atoms with van der Waals surface area (Å²) in [5, 5.41) is 0. The summed E-state index contributed by atoms with van der Waals surface area (Å²) in [5.74, 6) is 3.26. The van der Waals surface area contributed by atoms with Gasteiger partial charge in [-0.15, -0.1) is 0 Å². The molecule has 6 heteroatoms. The molecule has 1 aliphatic rings. The summed E-state index contributed by atoms with van der Waals surface area (Å²) in [4.78, 5) is 26.0. The van der Waals surface area contributed by atoms with Gasteiger partial charge in [-0.05, 0) is 31.9 Å². The number of nitrogens with zero attached hydrogens (tertiary/aromatic N) is 4. The molecule has 2 heterocycles. The van der Waals surface area contributed by atoms with Crippen LogP contribution in [0, 0.1) is 13.8 Å². The highest BCUT2D eigenvalue weighted by Gasteiger charge is 2.22. The normalized spacial score (nSPS) is 14.4. The number of para-hydroxylation sites is 1. The lowest BCUT2D eigenvalue weighted by molar-refractivity contribution is -0.131. The molecule has 0 aliphatic carbocycles. The lowest BCUT2D eigenvalue weighted by Crippen LogP contribution is -2.49. The van der Waals surface area contributed by atoms with Crippen LogP contribution in [0.25, 0.3) is 0 Å². The minimum Gasteiger partial charge on any atom is -0.493 e. The van der Waals surface area contributed by atoms with E-state index in [1.54, 1.807) is 0 Å². The van der Waals surface area contributed by atoms with Crippen LogP contribution in [0.4, 0.5) is 5.82 Å². The van der Waals surface area contributed by atoms with Gasteiger partial charge in [-0.1, -0.05) is 32.0 Å². The van der Waals surface area contributed by atoms with Crippen LogP contribution in [0.5, 0.6) is 5.75 Å². The lowest BCUT2D eigenvalue weighted by atomic mass is 10.2. The Balaban J connectivity index is 1.44. The topological polar surface area (TPSA) is 58.6 Å². The van der Waals surface area contributed by atoms with Crippen molar-refractivity contribution >= 4 is 11.7 Å². The van der Waals surface area contributed by atoms with Crippen molar-refractivity contribution in [3.05, 3.63) is 47.4 Å². The lowest BCUT2D eigenvalue weighted by Gasteiger charge is -2.35. The van der Waals surface area contributed by atoms with E-state index in [0.717, 1.165) is 61.2 Å². The SMILES string of the molecule is Cc1cc(N2CCN(C(=O)CCCOc3ccccc3C)CC2)nc(C(C)C)n1. The number of aryl methyl sites for hydroxylation is 2. The molecule has 156 valence electrons. The first-order valence-electron chi connectivity index (χ1n) is 10.5. The number of anilines is 1. The van der Waals surface area contributed by atoms with Gasteiger partial charge in [0, 0.05) is 50.3 Å². The Morgan fingerprint density at radius 3 is 2.52 bits per heavy atom. The highest BCUT2D eigenvalue weighted by molar-refractivity contribution is 5.76. The molecule has 1 aromatic carbocycles. The molecule has 1 aromatic heterocycles. The number of carbonyl (C=O) groups is 1. The molecular formula is C23H32N4O2. The fourth-order valence-electron chi connectivity index (χ4n) is 3.46. The second-order valence-corrected chi connectivity index (χ2v) is 7.97. The molecule has 1 fully saturated rings. The second-order valence-electron chi connectivity index (χ2n) is 7.97. The summed E-state index contributed by atoms with van der Waals surface area (Å²) in [6.07, 6.45) is 1.26. The smallest absolute Gasteiger partial charge is 0.222 e. The number of aromatic nitrogens is 2. The molecule has 0 radical (unpaired) electrons. The third-order valence-corrected chi connectivity index (χ3v) is 5.22. The molecule has 0 spiro atoms. The van der Waals surface area contributed by atoms with Crippen LogP contribution in [0.1, 0.15) is 49.7 Å². The molecule has 0 unspecified atom stereocenters. The summed E-state index contributed by atoms with van der Waals surface area (Å²) < 4.78 is 5.80. The van der Waals surface area contributed by atoms with E-state index in [4.69, 9.17) is 9.72 Å². The van der Waals surface area contributed by atoms with Gasteiger partial charge < -0.3 is 14.5 Å². The Labute approximate surface area is 173 Å². The van der Waals surface area contributed by atoms with Crippen LogP contribution in [0.2, 0.25) is 0 Å². The van der Waals surface area contributed by atoms with E-state index >= 15 is 0 Å². The summed E-state index contributed by atoms with van der Waals surface area (Å²) in [6.45, 7) is 11.9. The van der Waals surface area contributed by atoms with Gasteiger partial charge in [0.2, 0.25) is 5.91 Å². The molecule has 6 nitrogen and oxygen atoms in total. The summed E-state index contributed by atoms with van der Waals surface area (Å²) in [5.41, 5.74) is 2.11. The Morgan fingerprint density at radius 2 is 1.83 bits per heavy atom. The van der Waals surface area contributed by atoms with Crippen molar-refractivity contribution in [2.75, 3.05) is 37.7 Å².